The first kappa shape index (κ1) is 24.9. The number of phenolic OH excluding ortho intramolecular Hbond substituents is 2. The Morgan fingerprint density at radius 1 is 0.800 bits per heavy atom. The van der Waals surface area contributed by atoms with E-state index in [-0.39, 0.29) is 23.6 Å². The zero-order valence-corrected chi connectivity index (χ0v) is 25.0. The van der Waals surface area contributed by atoms with Crippen molar-refractivity contribution in [3.8, 4) is 23.0 Å². The number of fused-ring (bicyclic) bond motifs is 5. The predicted octanol–water partition coefficient (Wildman–Crippen LogP) is 2.70. The molecule has 5 aliphatic carbocycles. The SMILES string of the molecule is Oc1ccc2c3c1O[C@H]1c4[nH]c5c(c4C[C@@]4(O)[C@H](C2)N(CC2CC2)CC[C@]314)C[C@@]1(O)[C@H]2Cc3ccc(O)c4c3[C@@]1(CCN2)[C@H]5O4. The van der Waals surface area contributed by atoms with Crippen molar-refractivity contribution in [2.45, 2.75) is 97.7 Å². The van der Waals surface area contributed by atoms with Crippen LogP contribution in [0, 0.1) is 5.92 Å². The van der Waals surface area contributed by atoms with Crippen molar-refractivity contribution in [2.75, 3.05) is 19.6 Å². The van der Waals surface area contributed by atoms with Crippen molar-refractivity contribution in [1.82, 2.24) is 15.2 Å². The maximum atomic E-state index is 13.3. The van der Waals surface area contributed by atoms with Crippen LogP contribution in [0.15, 0.2) is 24.3 Å². The van der Waals surface area contributed by atoms with Crippen molar-refractivity contribution < 1.29 is 29.9 Å². The standard InChI is InChI=1S/C36H37N3O6/c40-21-5-3-17-11-23-35(42)13-19-20-14-36(43)24-12-18-4-6-22(41)30-26(18)34(36,8-10-39(24)15-16-1-2-16)32(45-30)28(20)38-27(19)31-33(35,7-9-37-23)25(17)29(21)44-31/h3-6,16,23-24,31-32,37-38,40-43H,1-2,7-15H2/t23-,24+,31+,32+,33+,34+,35-,36-/m1/s1. The lowest BCUT2D eigenvalue weighted by molar-refractivity contribution is -0.173. The maximum absolute atomic E-state index is 13.3. The molecule has 4 bridgehead atoms. The zero-order chi connectivity index (χ0) is 29.8. The van der Waals surface area contributed by atoms with Gasteiger partial charge in [-0.05, 0) is 91.9 Å². The first-order valence-electron chi connectivity index (χ1n) is 17.0. The number of aromatic amines is 1. The van der Waals surface area contributed by atoms with Crippen LogP contribution in [0.1, 0.15) is 82.7 Å². The molecule has 2 spiro atoms. The smallest absolute Gasteiger partial charge is 0.166 e. The first-order valence-corrected chi connectivity index (χ1v) is 17.0. The van der Waals surface area contributed by atoms with Crippen LogP contribution in [0.3, 0.4) is 0 Å². The molecular formula is C36H37N3O6. The summed E-state index contributed by atoms with van der Waals surface area (Å²) >= 11 is 0. The Morgan fingerprint density at radius 2 is 1.42 bits per heavy atom. The lowest BCUT2D eigenvalue weighted by atomic mass is 9.47. The van der Waals surface area contributed by atoms with Crippen LogP contribution in [0.25, 0.3) is 0 Å². The predicted molar refractivity (Wildman–Crippen MR) is 161 cm³/mol. The topological polar surface area (TPSA) is 130 Å². The number of H-pyrrole nitrogens is 1. The van der Waals surface area contributed by atoms with Gasteiger partial charge in [0.15, 0.2) is 35.2 Å². The van der Waals surface area contributed by atoms with E-state index in [0.29, 0.717) is 43.1 Å². The van der Waals surface area contributed by atoms with Crippen LogP contribution in [0.5, 0.6) is 23.0 Å². The molecule has 2 aromatic carbocycles. The molecule has 12 rings (SSSR count). The molecule has 9 heteroatoms. The van der Waals surface area contributed by atoms with Gasteiger partial charge in [0.1, 0.15) is 0 Å². The summed E-state index contributed by atoms with van der Waals surface area (Å²) in [7, 11) is 0. The first-order chi connectivity index (χ1) is 21.8. The second-order valence-corrected chi connectivity index (χ2v) is 15.8. The summed E-state index contributed by atoms with van der Waals surface area (Å²) in [5.41, 5.74) is 4.68. The van der Waals surface area contributed by atoms with Gasteiger partial charge in [0.2, 0.25) is 0 Å². The summed E-state index contributed by atoms with van der Waals surface area (Å²) in [4.78, 5) is 6.40. The Morgan fingerprint density at radius 3 is 2.09 bits per heavy atom. The molecule has 3 fully saturated rings. The third-order valence-electron chi connectivity index (χ3n) is 14.2. The minimum absolute atomic E-state index is 0.0557. The lowest BCUT2D eigenvalue weighted by Crippen LogP contribution is -2.75. The molecule has 9 aliphatic rings. The largest absolute Gasteiger partial charge is 0.504 e. The average molecular weight is 608 g/mol. The number of hydrogen-bond acceptors (Lipinski definition) is 8. The molecule has 2 saturated heterocycles. The van der Waals surface area contributed by atoms with Crippen LogP contribution in [-0.4, -0.2) is 73.2 Å². The molecule has 5 heterocycles. The number of phenols is 2. The number of aromatic hydroxyl groups is 2. The number of benzene rings is 2. The fourth-order valence-corrected chi connectivity index (χ4v) is 12.3. The molecule has 1 saturated carbocycles. The zero-order valence-electron chi connectivity index (χ0n) is 25.0. The van der Waals surface area contributed by atoms with Crippen LogP contribution in [-0.2, 0) is 36.5 Å². The number of rotatable bonds is 2. The molecule has 3 aromatic rings. The number of nitrogens with zero attached hydrogens (tertiary/aromatic N) is 1. The molecule has 9 nitrogen and oxygen atoms in total. The van der Waals surface area contributed by atoms with Gasteiger partial charge < -0.3 is 40.2 Å². The van der Waals surface area contributed by atoms with Gasteiger partial charge >= 0.3 is 0 Å². The van der Waals surface area contributed by atoms with Gasteiger partial charge in [0, 0.05) is 42.6 Å². The van der Waals surface area contributed by atoms with Crippen molar-refractivity contribution in [3.05, 3.63) is 69.0 Å². The minimum atomic E-state index is -1.12. The van der Waals surface area contributed by atoms with E-state index in [0.717, 1.165) is 71.7 Å². The van der Waals surface area contributed by atoms with E-state index < -0.39 is 34.2 Å². The molecule has 0 radical (unpaired) electrons. The van der Waals surface area contributed by atoms with Gasteiger partial charge in [0.05, 0.1) is 33.4 Å². The molecule has 232 valence electrons. The van der Waals surface area contributed by atoms with Crippen LogP contribution in [0.2, 0.25) is 0 Å². The van der Waals surface area contributed by atoms with Crippen LogP contribution in [0.4, 0.5) is 0 Å². The van der Waals surface area contributed by atoms with E-state index in [1.807, 2.05) is 12.1 Å². The summed E-state index contributed by atoms with van der Waals surface area (Å²) in [6.07, 6.45) is 5.32. The molecule has 0 unspecified atom stereocenters. The summed E-state index contributed by atoms with van der Waals surface area (Å²) < 4.78 is 13.6. The third kappa shape index (κ3) is 2.43. The van der Waals surface area contributed by atoms with E-state index in [1.54, 1.807) is 12.1 Å². The third-order valence-corrected chi connectivity index (χ3v) is 14.2. The Kier molecular flexibility index (Phi) is 4.06. The highest BCUT2D eigenvalue weighted by Crippen LogP contribution is 2.72. The second kappa shape index (κ2) is 7.33. The maximum Gasteiger partial charge on any atom is 0.166 e. The molecule has 6 N–H and O–H groups in total. The number of likely N-dealkylation sites (tertiary alicyclic amines) is 1. The Labute approximate surface area is 260 Å². The number of ether oxygens (including phenoxy) is 2. The molecule has 8 atom stereocenters. The van der Waals surface area contributed by atoms with Gasteiger partial charge in [-0.25, -0.2) is 0 Å². The quantitative estimate of drug-likeness (QED) is 0.262. The Hall–Kier alpha value is -3.24. The lowest BCUT2D eigenvalue weighted by Gasteiger charge is -2.63. The average Bonchev–Trinajstić information content (AvgIpc) is 3.51. The van der Waals surface area contributed by atoms with Gasteiger partial charge in [-0.15, -0.1) is 0 Å². The number of aliphatic hydroxyl groups is 2. The molecule has 1 aromatic heterocycles. The Balaban J connectivity index is 1.10. The number of piperidine rings is 2. The van der Waals surface area contributed by atoms with Gasteiger partial charge in [-0.1, -0.05) is 12.1 Å². The molecule has 0 amide bonds. The van der Waals surface area contributed by atoms with E-state index in [1.165, 1.54) is 18.4 Å². The van der Waals surface area contributed by atoms with E-state index in [4.69, 9.17) is 9.47 Å². The van der Waals surface area contributed by atoms with Crippen molar-refractivity contribution in [1.29, 1.82) is 0 Å². The molecule has 4 aliphatic heterocycles. The Bertz CT molecular complexity index is 1920. The monoisotopic (exact) mass is 607 g/mol. The minimum Gasteiger partial charge on any atom is -0.504 e. The van der Waals surface area contributed by atoms with Gasteiger partial charge in [-0.2, -0.15) is 0 Å². The highest BCUT2D eigenvalue weighted by atomic mass is 16.5. The van der Waals surface area contributed by atoms with Crippen molar-refractivity contribution >= 4 is 0 Å². The van der Waals surface area contributed by atoms with Crippen molar-refractivity contribution in [3.63, 3.8) is 0 Å². The van der Waals surface area contributed by atoms with Crippen molar-refractivity contribution in [2.24, 2.45) is 5.92 Å². The van der Waals surface area contributed by atoms with Gasteiger partial charge in [-0.3, -0.25) is 4.90 Å². The fraction of sp³-hybridized carbons (Fsp3) is 0.556. The van der Waals surface area contributed by atoms with E-state index in [2.05, 4.69) is 15.2 Å². The summed E-state index contributed by atoms with van der Waals surface area (Å²) in [6.45, 7) is 2.68. The fourth-order valence-electron chi connectivity index (χ4n) is 12.3. The van der Waals surface area contributed by atoms with Crippen LogP contribution < -0.4 is 14.8 Å². The van der Waals surface area contributed by atoms with Crippen LogP contribution >= 0.6 is 0 Å². The second-order valence-electron chi connectivity index (χ2n) is 15.8. The summed E-state index contributed by atoms with van der Waals surface area (Å²) in [6, 6.07) is 7.32. The van der Waals surface area contributed by atoms with Gasteiger partial charge in [0.25, 0.3) is 0 Å². The summed E-state index contributed by atoms with van der Waals surface area (Å²) in [5.74, 6) is 1.99. The highest BCUT2D eigenvalue weighted by molar-refractivity contribution is 5.68. The van der Waals surface area contributed by atoms with E-state index in [9.17, 15) is 20.4 Å². The highest BCUT2D eigenvalue weighted by Gasteiger charge is 2.76. The summed E-state index contributed by atoms with van der Waals surface area (Å²) in [5, 5.41) is 52.1. The number of aromatic nitrogens is 1. The number of hydrogen-bond donors (Lipinski definition) is 6. The number of nitrogens with one attached hydrogen (secondary N) is 2. The normalized spacial score (nSPS) is 41.8. The van der Waals surface area contributed by atoms with E-state index >= 15 is 0 Å². The molecular weight excluding hydrogens is 570 g/mol. The molecule has 45 heavy (non-hydrogen) atoms.